The van der Waals surface area contributed by atoms with Gasteiger partial charge in [-0.1, -0.05) is 34.6 Å². The molecule has 1 aliphatic heterocycles. The third kappa shape index (κ3) is 9.81. The van der Waals surface area contributed by atoms with Crippen molar-refractivity contribution in [1.29, 1.82) is 0 Å². The van der Waals surface area contributed by atoms with Gasteiger partial charge >= 0.3 is 18.5 Å². The third-order valence-corrected chi connectivity index (χ3v) is 16.7. The largest absolute Gasteiger partial charge is 0.573 e. The van der Waals surface area contributed by atoms with Crippen LogP contribution in [-0.2, 0) is 25.3 Å². The number of hydrogen-bond acceptors (Lipinski definition) is 8. The maximum atomic E-state index is 18.1. The summed E-state index contributed by atoms with van der Waals surface area (Å²) in [5.41, 5.74) is -1.67. The van der Waals surface area contributed by atoms with E-state index in [1.807, 2.05) is 18.4 Å². The summed E-state index contributed by atoms with van der Waals surface area (Å²) in [6.45, 7) is 24.4. The van der Waals surface area contributed by atoms with Crippen LogP contribution < -0.4 is 10.1 Å². The SMILES string of the molecule is CC(C)c1nc(-c2cc(NC(=O)OC(C)(C)C)cc(F)c2OC(F)(F)F)c(F)c2c1c([C@@H]1[C@H]3CN(C(=O)OC(C)(C)C)[C@H](C(=O)N(C)C)[C@H]31)c(CO[Si](C)(C)C(C)(C)C)n2C1CC1. The number of nitrogens with zero attached hydrogens (tertiary/aromatic N) is 4. The molecule has 3 aromatic rings. The summed E-state index contributed by atoms with van der Waals surface area (Å²) < 4.78 is 100. The van der Waals surface area contributed by atoms with Gasteiger partial charge in [-0.25, -0.2) is 23.4 Å². The molecule has 12 nitrogen and oxygen atoms in total. The Morgan fingerprint density at radius 3 is 2.06 bits per heavy atom. The Balaban J connectivity index is 1.64. The number of likely N-dealkylation sites (N-methyl/N-ethyl adjacent to an activating group) is 1. The Bertz CT molecular complexity index is 2300. The van der Waals surface area contributed by atoms with E-state index in [0.717, 1.165) is 6.07 Å². The van der Waals surface area contributed by atoms with Crippen LogP contribution in [0.2, 0.25) is 18.1 Å². The molecule has 2 aliphatic carbocycles. The molecule has 1 aromatic carbocycles. The van der Waals surface area contributed by atoms with E-state index < -0.39 is 84.6 Å². The van der Waals surface area contributed by atoms with Crippen LogP contribution in [0.15, 0.2) is 12.1 Å². The summed E-state index contributed by atoms with van der Waals surface area (Å²) in [5.74, 6) is -5.64. The highest BCUT2D eigenvalue weighted by Crippen LogP contribution is 2.65. The average molecular weight is 908 g/mol. The fraction of sp³-hybridized carbons (Fsp3) is 0.644. The first-order valence-electron chi connectivity index (χ1n) is 21.4. The van der Waals surface area contributed by atoms with Crippen molar-refractivity contribution in [1.82, 2.24) is 19.4 Å². The smallest absolute Gasteiger partial charge is 0.444 e. The molecular formula is C45H62F5N5O7Si. The van der Waals surface area contributed by atoms with Crippen LogP contribution in [0.5, 0.6) is 5.75 Å². The quantitative estimate of drug-likeness (QED) is 0.158. The number of hydrogen-bond donors (Lipinski definition) is 1. The fourth-order valence-electron chi connectivity index (χ4n) is 8.35. The van der Waals surface area contributed by atoms with Crippen LogP contribution >= 0.6 is 0 Å². The van der Waals surface area contributed by atoms with Gasteiger partial charge in [0.05, 0.1) is 23.4 Å². The van der Waals surface area contributed by atoms with Crippen LogP contribution in [0.4, 0.5) is 37.2 Å². The Morgan fingerprint density at radius 1 is 0.952 bits per heavy atom. The summed E-state index contributed by atoms with van der Waals surface area (Å²) in [5, 5.41) is 2.57. The number of nitrogens with one attached hydrogen (secondary N) is 1. The lowest BCUT2D eigenvalue weighted by Crippen LogP contribution is -2.50. The van der Waals surface area contributed by atoms with E-state index in [9.17, 15) is 27.6 Å². The molecule has 0 radical (unpaired) electrons. The van der Waals surface area contributed by atoms with Gasteiger partial charge in [0, 0.05) is 55.4 Å². The van der Waals surface area contributed by atoms with Crippen LogP contribution in [0, 0.1) is 23.5 Å². The number of piperidine rings is 1. The number of pyridine rings is 1. The number of benzene rings is 1. The number of likely N-dealkylation sites (tertiary alicyclic amines) is 1. The molecule has 18 heteroatoms. The maximum Gasteiger partial charge on any atom is 0.573 e. The van der Waals surface area contributed by atoms with Crippen molar-refractivity contribution in [2.75, 3.05) is 26.0 Å². The minimum absolute atomic E-state index is 0.0587. The number of halogens is 5. The third-order valence-electron chi connectivity index (χ3n) is 12.2. The molecule has 6 rings (SSSR count). The Kier molecular flexibility index (Phi) is 12.4. The standard InChI is InChI=1S/C45H62F5N5O7Si/c1-22(2)34-32-31(29-26-20-54(41(58)62-43(6,7)8)37(30(26)29)39(56)53(12)13)28(21-59-63(14,15)44(9,10)11)55(24-16-17-24)36(32)33(47)35(52-34)25-18-23(51-40(57)61-42(3,4)5)19-27(46)38(25)60-45(48,49)50/h18-19,22,24,26,29-30,37H,16-17,20-21H2,1-15H3,(H,51,57)/t26-,29-,30-,37+/m1/s1. The Morgan fingerprint density at radius 2 is 1.56 bits per heavy atom. The van der Waals surface area contributed by atoms with Crippen LogP contribution in [0.25, 0.3) is 22.2 Å². The lowest BCUT2D eigenvalue weighted by molar-refractivity contribution is -0.275. The second kappa shape index (κ2) is 16.2. The molecule has 348 valence electrons. The summed E-state index contributed by atoms with van der Waals surface area (Å²) in [6, 6.07) is 0.495. The Labute approximate surface area is 367 Å². The zero-order valence-corrected chi connectivity index (χ0v) is 40.0. The van der Waals surface area contributed by atoms with Crippen molar-refractivity contribution < 1.29 is 55.0 Å². The molecular weight excluding hydrogens is 846 g/mol. The van der Waals surface area contributed by atoms with E-state index in [4.69, 9.17) is 18.9 Å². The molecule has 0 unspecified atom stereocenters. The molecule has 3 amide bonds. The zero-order valence-electron chi connectivity index (χ0n) is 39.0. The van der Waals surface area contributed by atoms with E-state index in [-0.39, 0.29) is 53.2 Å². The topological polar surface area (TPSA) is 124 Å². The molecule has 0 bridgehead atoms. The van der Waals surface area contributed by atoms with Crippen LogP contribution in [-0.4, -0.2) is 90.0 Å². The monoisotopic (exact) mass is 907 g/mol. The van der Waals surface area contributed by atoms with E-state index in [1.54, 1.807) is 55.6 Å². The van der Waals surface area contributed by atoms with Gasteiger partial charge < -0.3 is 28.1 Å². The molecule has 2 aromatic heterocycles. The maximum absolute atomic E-state index is 18.1. The van der Waals surface area contributed by atoms with E-state index in [1.165, 1.54) is 9.80 Å². The molecule has 1 N–H and O–H groups in total. The number of rotatable bonds is 10. The molecule has 1 saturated heterocycles. The first kappa shape index (κ1) is 48.0. The van der Waals surface area contributed by atoms with E-state index in [0.29, 0.717) is 41.2 Å². The summed E-state index contributed by atoms with van der Waals surface area (Å²) in [4.78, 5) is 48.2. The lowest BCUT2D eigenvalue weighted by atomic mass is 9.94. The number of carbonyl (C=O) groups is 3. The minimum Gasteiger partial charge on any atom is -0.444 e. The van der Waals surface area contributed by atoms with Gasteiger partial charge in [-0.05, 0) is 102 Å². The number of fused-ring (bicyclic) bond motifs is 2. The predicted molar refractivity (Wildman–Crippen MR) is 231 cm³/mol. The molecule has 3 heterocycles. The highest BCUT2D eigenvalue weighted by atomic mass is 28.4. The number of alkyl halides is 3. The van der Waals surface area contributed by atoms with Gasteiger partial charge in [-0.15, -0.1) is 13.2 Å². The molecule has 0 spiro atoms. The number of amides is 3. The second-order valence-corrected chi connectivity index (χ2v) is 25.9. The number of anilines is 1. The Hall–Kier alpha value is -4.45. The van der Waals surface area contributed by atoms with Gasteiger partial charge in [0.15, 0.2) is 25.7 Å². The first-order valence-corrected chi connectivity index (χ1v) is 24.3. The van der Waals surface area contributed by atoms with Gasteiger partial charge in [0.2, 0.25) is 5.91 Å². The van der Waals surface area contributed by atoms with E-state index in [2.05, 4.69) is 43.9 Å². The average Bonchev–Trinajstić information content (AvgIpc) is 4.00. The highest BCUT2D eigenvalue weighted by Gasteiger charge is 2.67. The van der Waals surface area contributed by atoms with Crippen molar-refractivity contribution in [3.8, 4) is 17.0 Å². The van der Waals surface area contributed by atoms with Crippen LogP contribution in [0.1, 0.15) is 124 Å². The first-order chi connectivity index (χ1) is 28.7. The molecule has 63 heavy (non-hydrogen) atoms. The molecule has 3 fully saturated rings. The van der Waals surface area contributed by atoms with Crippen molar-refractivity contribution in [3.63, 3.8) is 0 Å². The minimum atomic E-state index is -5.38. The molecule has 4 atom stereocenters. The summed E-state index contributed by atoms with van der Waals surface area (Å²) >= 11 is 0. The second-order valence-electron chi connectivity index (χ2n) is 21.1. The van der Waals surface area contributed by atoms with E-state index >= 15 is 8.78 Å². The van der Waals surface area contributed by atoms with Crippen molar-refractivity contribution in [3.05, 3.63) is 40.7 Å². The number of carbonyl (C=O) groups excluding carboxylic acids is 3. The zero-order chi connectivity index (χ0) is 47.3. The van der Waals surface area contributed by atoms with Gasteiger partial charge in [0.25, 0.3) is 0 Å². The summed E-state index contributed by atoms with van der Waals surface area (Å²) in [6.07, 6.45) is -5.69. The number of aromatic nitrogens is 2. The molecule has 3 aliphatic rings. The van der Waals surface area contributed by atoms with Gasteiger partial charge in [0.1, 0.15) is 22.9 Å². The van der Waals surface area contributed by atoms with Crippen molar-refractivity contribution in [2.45, 2.75) is 155 Å². The number of ether oxygens (including phenoxy) is 3. The highest BCUT2D eigenvalue weighted by molar-refractivity contribution is 6.74. The lowest BCUT2D eigenvalue weighted by Gasteiger charge is -2.36. The summed E-state index contributed by atoms with van der Waals surface area (Å²) in [7, 11) is 0.755. The predicted octanol–water partition coefficient (Wildman–Crippen LogP) is 11.2. The van der Waals surface area contributed by atoms with Gasteiger partial charge in [-0.2, -0.15) is 0 Å². The van der Waals surface area contributed by atoms with Crippen LogP contribution in [0.3, 0.4) is 0 Å². The fourth-order valence-corrected chi connectivity index (χ4v) is 9.28. The van der Waals surface area contributed by atoms with Crippen molar-refractivity contribution >= 4 is 43.0 Å². The normalized spacial score (nSPS) is 20.6. The molecule has 2 saturated carbocycles. The van der Waals surface area contributed by atoms with Gasteiger partial charge in [-0.3, -0.25) is 15.0 Å². The van der Waals surface area contributed by atoms with Crippen molar-refractivity contribution in [2.24, 2.45) is 11.8 Å².